The normalized spacial score (nSPS) is 10.8. The fraction of sp³-hybridized carbons (Fsp3) is 0.357. The van der Waals surface area contributed by atoms with Crippen molar-refractivity contribution in [1.82, 2.24) is 5.32 Å². The van der Waals surface area contributed by atoms with E-state index in [1.165, 1.54) is 6.08 Å². The highest BCUT2D eigenvalue weighted by atomic mass is 35.5. The maximum Gasteiger partial charge on any atom is 0.244 e. The van der Waals surface area contributed by atoms with Gasteiger partial charge in [-0.15, -0.1) is 0 Å². The lowest BCUT2D eigenvalue weighted by atomic mass is 10.2. The molecule has 4 heteroatoms. The molecule has 3 nitrogen and oxygen atoms in total. The zero-order valence-corrected chi connectivity index (χ0v) is 11.2. The first-order valence-corrected chi connectivity index (χ1v) is 6.40. The number of amides is 1. The Morgan fingerprint density at radius 3 is 2.94 bits per heavy atom. The summed E-state index contributed by atoms with van der Waals surface area (Å²) in [5, 5.41) is 3.42. The minimum absolute atomic E-state index is 0.119. The standard InChI is InChI=1S/C14H18ClNO2/c1-2-18-11-5-10-16-14(17)9-8-12-6-3-4-7-13(12)15/h3-4,6-9H,2,5,10-11H2,1H3,(H,16,17)/b9-8+. The summed E-state index contributed by atoms with van der Waals surface area (Å²) in [5.74, 6) is -0.119. The Morgan fingerprint density at radius 2 is 2.22 bits per heavy atom. The van der Waals surface area contributed by atoms with Crippen LogP contribution in [0, 0.1) is 0 Å². The first-order valence-electron chi connectivity index (χ1n) is 6.02. The van der Waals surface area contributed by atoms with Crippen molar-refractivity contribution in [2.75, 3.05) is 19.8 Å². The van der Waals surface area contributed by atoms with Gasteiger partial charge in [-0.3, -0.25) is 4.79 Å². The molecule has 0 heterocycles. The van der Waals surface area contributed by atoms with Crippen molar-refractivity contribution in [2.45, 2.75) is 13.3 Å². The lowest BCUT2D eigenvalue weighted by Crippen LogP contribution is -2.23. The van der Waals surface area contributed by atoms with Gasteiger partial charge < -0.3 is 10.1 Å². The summed E-state index contributed by atoms with van der Waals surface area (Å²) < 4.78 is 5.17. The Hall–Kier alpha value is -1.32. The third-order valence-corrected chi connectivity index (χ3v) is 2.63. The molecule has 1 aromatic rings. The number of carbonyl (C=O) groups excluding carboxylic acids is 1. The molecule has 0 saturated carbocycles. The fourth-order valence-corrected chi connectivity index (χ4v) is 1.56. The summed E-state index contributed by atoms with van der Waals surface area (Å²) in [5.41, 5.74) is 0.837. The molecule has 0 aliphatic heterocycles. The molecule has 0 saturated heterocycles. The van der Waals surface area contributed by atoms with Crippen molar-refractivity contribution in [3.05, 3.63) is 40.9 Å². The van der Waals surface area contributed by atoms with E-state index in [0.717, 1.165) is 12.0 Å². The molecule has 1 rings (SSSR count). The summed E-state index contributed by atoms with van der Waals surface area (Å²) >= 11 is 5.97. The Balaban J connectivity index is 2.30. The molecular weight excluding hydrogens is 250 g/mol. The Bertz CT molecular complexity index is 405. The summed E-state index contributed by atoms with van der Waals surface area (Å²) in [6.07, 6.45) is 4.02. The molecule has 0 aliphatic carbocycles. The van der Waals surface area contributed by atoms with Gasteiger partial charge in [0.25, 0.3) is 0 Å². The molecule has 0 fully saturated rings. The molecule has 0 bridgehead atoms. The number of rotatable bonds is 7. The number of halogens is 1. The van der Waals surface area contributed by atoms with E-state index in [0.29, 0.717) is 24.8 Å². The van der Waals surface area contributed by atoms with Crippen LogP contribution >= 0.6 is 11.6 Å². The SMILES string of the molecule is CCOCCCNC(=O)/C=C/c1ccccc1Cl. The predicted octanol–water partition coefficient (Wildman–Crippen LogP) is 2.90. The average molecular weight is 268 g/mol. The Labute approximate surface area is 113 Å². The van der Waals surface area contributed by atoms with Gasteiger partial charge in [0, 0.05) is 30.9 Å². The van der Waals surface area contributed by atoms with Gasteiger partial charge in [0.05, 0.1) is 0 Å². The molecule has 0 unspecified atom stereocenters. The van der Waals surface area contributed by atoms with Crippen molar-refractivity contribution >= 4 is 23.6 Å². The van der Waals surface area contributed by atoms with E-state index in [1.807, 2.05) is 25.1 Å². The van der Waals surface area contributed by atoms with Crippen LogP contribution in [0.3, 0.4) is 0 Å². The quantitative estimate of drug-likeness (QED) is 0.609. The van der Waals surface area contributed by atoms with E-state index >= 15 is 0 Å². The molecule has 0 radical (unpaired) electrons. The number of hydrogen-bond donors (Lipinski definition) is 1. The summed E-state index contributed by atoms with van der Waals surface area (Å²) in [6, 6.07) is 7.39. The zero-order valence-electron chi connectivity index (χ0n) is 10.5. The zero-order chi connectivity index (χ0) is 13.2. The Morgan fingerprint density at radius 1 is 1.44 bits per heavy atom. The fourth-order valence-electron chi connectivity index (χ4n) is 1.36. The van der Waals surface area contributed by atoms with E-state index < -0.39 is 0 Å². The molecule has 1 aromatic carbocycles. The largest absolute Gasteiger partial charge is 0.382 e. The minimum atomic E-state index is -0.119. The van der Waals surface area contributed by atoms with E-state index in [2.05, 4.69) is 5.32 Å². The van der Waals surface area contributed by atoms with E-state index in [-0.39, 0.29) is 5.91 Å². The molecule has 0 aromatic heterocycles. The smallest absolute Gasteiger partial charge is 0.244 e. The van der Waals surface area contributed by atoms with Crippen molar-refractivity contribution in [3.63, 3.8) is 0 Å². The summed E-state index contributed by atoms with van der Waals surface area (Å²) in [6.45, 7) is 3.95. The van der Waals surface area contributed by atoms with Crippen LogP contribution in [0.15, 0.2) is 30.3 Å². The van der Waals surface area contributed by atoms with E-state index in [4.69, 9.17) is 16.3 Å². The third-order valence-electron chi connectivity index (χ3n) is 2.29. The van der Waals surface area contributed by atoms with Crippen molar-refractivity contribution in [2.24, 2.45) is 0 Å². The van der Waals surface area contributed by atoms with Crippen molar-refractivity contribution in [1.29, 1.82) is 0 Å². The van der Waals surface area contributed by atoms with Gasteiger partial charge in [-0.2, -0.15) is 0 Å². The number of hydrogen-bond acceptors (Lipinski definition) is 2. The molecule has 0 aliphatic rings. The maximum absolute atomic E-state index is 11.5. The van der Waals surface area contributed by atoms with E-state index in [9.17, 15) is 4.79 Å². The topological polar surface area (TPSA) is 38.3 Å². The second-order valence-electron chi connectivity index (χ2n) is 3.70. The van der Waals surface area contributed by atoms with Crippen LogP contribution in [0.4, 0.5) is 0 Å². The van der Waals surface area contributed by atoms with Crippen LogP contribution < -0.4 is 5.32 Å². The average Bonchev–Trinajstić information content (AvgIpc) is 2.37. The first-order chi connectivity index (χ1) is 8.74. The number of carbonyl (C=O) groups is 1. The van der Waals surface area contributed by atoms with Crippen molar-refractivity contribution in [3.8, 4) is 0 Å². The molecule has 0 atom stereocenters. The van der Waals surface area contributed by atoms with Gasteiger partial charge in [-0.1, -0.05) is 29.8 Å². The molecular formula is C14H18ClNO2. The number of nitrogens with one attached hydrogen (secondary N) is 1. The lowest BCUT2D eigenvalue weighted by molar-refractivity contribution is -0.116. The van der Waals surface area contributed by atoms with Crippen LogP contribution in [0.25, 0.3) is 6.08 Å². The highest BCUT2D eigenvalue weighted by molar-refractivity contribution is 6.32. The van der Waals surface area contributed by atoms with Gasteiger partial charge in [0.15, 0.2) is 0 Å². The lowest BCUT2D eigenvalue weighted by Gasteiger charge is -2.02. The van der Waals surface area contributed by atoms with Gasteiger partial charge >= 0.3 is 0 Å². The van der Waals surface area contributed by atoms with Crippen LogP contribution in [-0.4, -0.2) is 25.7 Å². The summed E-state index contributed by atoms with van der Waals surface area (Å²) in [7, 11) is 0. The predicted molar refractivity (Wildman–Crippen MR) is 74.6 cm³/mol. The van der Waals surface area contributed by atoms with Crippen LogP contribution in [-0.2, 0) is 9.53 Å². The van der Waals surface area contributed by atoms with Crippen molar-refractivity contribution < 1.29 is 9.53 Å². The molecule has 0 spiro atoms. The third kappa shape index (κ3) is 5.84. The minimum Gasteiger partial charge on any atom is -0.382 e. The Kier molecular flexibility index (Phi) is 7.14. The highest BCUT2D eigenvalue weighted by Crippen LogP contribution is 2.15. The van der Waals surface area contributed by atoms with E-state index in [1.54, 1.807) is 12.1 Å². The van der Waals surface area contributed by atoms with Crippen LogP contribution in [0.5, 0.6) is 0 Å². The first kappa shape index (κ1) is 14.7. The second-order valence-corrected chi connectivity index (χ2v) is 4.10. The highest BCUT2D eigenvalue weighted by Gasteiger charge is 1.97. The number of ether oxygens (including phenoxy) is 1. The van der Waals surface area contributed by atoms with Crippen LogP contribution in [0.2, 0.25) is 5.02 Å². The van der Waals surface area contributed by atoms with Gasteiger partial charge in [0.1, 0.15) is 0 Å². The molecule has 18 heavy (non-hydrogen) atoms. The van der Waals surface area contributed by atoms with Gasteiger partial charge in [0.2, 0.25) is 5.91 Å². The molecule has 98 valence electrons. The van der Waals surface area contributed by atoms with Gasteiger partial charge in [-0.25, -0.2) is 0 Å². The monoisotopic (exact) mass is 267 g/mol. The van der Waals surface area contributed by atoms with Crippen LogP contribution in [0.1, 0.15) is 18.9 Å². The molecule has 1 N–H and O–H groups in total. The number of benzene rings is 1. The molecule has 1 amide bonds. The maximum atomic E-state index is 11.5. The summed E-state index contributed by atoms with van der Waals surface area (Å²) in [4.78, 5) is 11.5. The van der Waals surface area contributed by atoms with Gasteiger partial charge in [-0.05, 0) is 31.1 Å². The second kappa shape index (κ2) is 8.72.